The van der Waals surface area contributed by atoms with Crippen molar-refractivity contribution in [1.29, 1.82) is 0 Å². The van der Waals surface area contributed by atoms with Crippen LogP contribution < -0.4 is 10.9 Å². The molecule has 7 nitrogen and oxygen atoms in total. The Morgan fingerprint density at radius 3 is 2.65 bits per heavy atom. The molecule has 0 fully saturated rings. The summed E-state index contributed by atoms with van der Waals surface area (Å²) in [5.41, 5.74) is 0.219. The van der Waals surface area contributed by atoms with Gasteiger partial charge in [-0.1, -0.05) is 0 Å². The van der Waals surface area contributed by atoms with Crippen molar-refractivity contribution in [2.24, 2.45) is 0 Å². The van der Waals surface area contributed by atoms with E-state index in [9.17, 15) is 14.4 Å². The van der Waals surface area contributed by atoms with Gasteiger partial charge in [0.1, 0.15) is 16.9 Å². The molecule has 7 heteroatoms. The van der Waals surface area contributed by atoms with Crippen molar-refractivity contribution in [3.05, 3.63) is 22.2 Å². The number of rotatable bonds is 2. The molecule has 0 spiro atoms. The highest BCUT2D eigenvalue weighted by atomic mass is 16.2. The molecule has 0 atom stereocenters. The van der Waals surface area contributed by atoms with Gasteiger partial charge < -0.3 is 15.3 Å². The van der Waals surface area contributed by atoms with Crippen LogP contribution in [0.1, 0.15) is 24.2 Å². The maximum atomic E-state index is 11.6. The number of ketones is 1. The van der Waals surface area contributed by atoms with E-state index in [4.69, 9.17) is 0 Å². The Bertz CT molecular complexity index is 668. The van der Waals surface area contributed by atoms with Crippen LogP contribution in [0.4, 0.5) is 5.82 Å². The fourth-order valence-electron chi connectivity index (χ4n) is 1.63. The van der Waals surface area contributed by atoms with Crippen molar-refractivity contribution in [2.75, 3.05) is 5.32 Å². The predicted octanol–water partition coefficient (Wildman–Crippen LogP) is 0.412. The molecule has 0 unspecified atom stereocenters. The molecule has 2 aromatic rings. The van der Waals surface area contributed by atoms with Gasteiger partial charge in [-0.05, 0) is 6.92 Å². The summed E-state index contributed by atoms with van der Waals surface area (Å²) < 4.78 is 0. The van der Waals surface area contributed by atoms with Gasteiger partial charge in [-0.2, -0.15) is 0 Å². The average Bonchev–Trinajstić information content (AvgIpc) is 2.64. The van der Waals surface area contributed by atoms with Crippen molar-refractivity contribution in [2.45, 2.75) is 13.8 Å². The highest BCUT2D eigenvalue weighted by molar-refractivity contribution is 6.10. The summed E-state index contributed by atoms with van der Waals surface area (Å²) >= 11 is 0. The second kappa shape index (κ2) is 3.85. The van der Waals surface area contributed by atoms with Gasteiger partial charge >= 0.3 is 0 Å². The van der Waals surface area contributed by atoms with E-state index < -0.39 is 5.56 Å². The first-order valence-electron chi connectivity index (χ1n) is 4.88. The molecule has 17 heavy (non-hydrogen) atoms. The SMILES string of the molecule is CC(=O)Nc1[nH]c(=O)c2[nH]cnc2c1C(C)=O. The van der Waals surface area contributed by atoms with Crippen LogP contribution in [0.3, 0.4) is 0 Å². The Kier molecular flexibility index (Phi) is 2.51. The molecule has 3 N–H and O–H groups in total. The second-order valence-electron chi connectivity index (χ2n) is 3.57. The van der Waals surface area contributed by atoms with Crippen LogP contribution in [0.2, 0.25) is 0 Å². The molecule has 88 valence electrons. The summed E-state index contributed by atoms with van der Waals surface area (Å²) in [7, 11) is 0. The number of hydrogen-bond acceptors (Lipinski definition) is 4. The Morgan fingerprint density at radius 1 is 1.35 bits per heavy atom. The van der Waals surface area contributed by atoms with Crippen molar-refractivity contribution in [1.82, 2.24) is 15.0 Å². The molecule has 1 amide bonds. The first kappa shape index (κ1) is 11.1. The van der Waals surface area contributed by atoms with E-state index in [-0.39, 0.29) is 34.1 Å². The summed E-state index contributed by atoms with van der Waals surface area (Å²) in [4.78, 5) is 43.2. The lowest BCUT2D eigenvalue weighted by Gasteiger charge is -2.07. The molecule has 0 saturated heterocycles. The van der Waals surface area contributed by atoms with Crippen molar-refractivity contribution in [3.8, 4) is 0 Å². The molecule has 0 saturated carbocycles. The zero-order valence-electron chi connectivity index (χ0n) is 9.25. The monoisotopic (exact) mass is 234 g/mol. The van der Waals surface area contributed by atoms with E-state index >= 15 is 0 Å². The average molecular weight is 234 g/mol. The number of hydrogen-bond donors (Lipinski definition) is 3. The van der Waals surface area contributed by atoms with Gasteiger partial charge in [-0.25, -0.2) is 4.98 Å². The molecular formula is C10H10N4O3. The Morgan fingerprint density at radius 2 is 2.06 bits per heavy atom. The molecule has 0 radical (unpaired) electrons. The second-order valence-corrected chi connectivity index (χ2v) is 3.57. The number of nitrogens with one attached hydrogen (secondary N) is 3. The lowest BCUT2D eigenvalue weighted by atomic mass is 10.1. The summed E-state index contributed by atoms with van der Waals surface area (Å²) in [6, 6.07) is 0. The normalized spacial score (nSPS) is 10.5. The number of Topliss-reactive ketones (excluding diaryl/α,β-unsaturated/α-hetero) is 1. The number of aromatic amines is 2. The molecule has 0 aromatic carbocycles. The standard InChI is InChI=1S/C10H10N4O3/c1-4(15)6-7-8(12-3-11-7)10(17)14-9(6)13-5(2)16/h3H,1-2H3,(H,11,12)(H2,13,14,16,17). The Labute approximate surface area is 95.3 Å². The first-order valence-corrected chi connectivity index (χ1v) is 4.88. The molecule has 2 rings (SSSR count). The molecule has 0 aliphatic heterocycles. The Balaban J connectivity index is 2.82. The first-order chi connectivity index (χ1) is 8.00. The van der Waals surface area contributed by atoms with Gasteiger partial charge in [0, 0.05) is 6.92 Å². The van der Waals surface area contributed by atoms with Crippen molar-refractivity contribution < 1.29 is 9.59 Å². The summed E-state index contributed by atoms with van der Waals surface area (Å²) in [5, 5.41) is 2.41. The van der Waals surface area contributed by atoms with Crippen LogP contribution in [-0.4, -0.2) is 26.6 Å². The fourth-order valence-corrected chi connectivity index (χ4v) is 1.63. The van der Waals surface area contributed by atoms with E-state index in [2.05, 4.69) is 20.3 Å². The van der Waals surface area contributed by atoms with Crippen LogP contribution in [0.15, 0.2) is 11.1 Å². The van der Waals surface area contributed by atoms with Crippen LogP contribution in [0.25, 0.3) is 11.0 Å². The molecule has 0 bridgehead atoms. The number of amides is 1. The smallest absolute Gasteiger partial charge is 0.275 e. The minimum atomic E-state index is -0.439. The topological polar surface area (TPSA) is 108 Å². The Hall–Kier alpha value is -2.44. The molecule has 2 heterocycles. The van der Waals surface area contributed by atoms with Gasteiger partial charge in [0.15, 0.2) is 5.78 Å². The number of anilines is 1. The number of aromatic nitrogens is 3. The maximum absolute atomic E-state index is 11.6. The lowest BCUT2D eigenvalue weighted by Crippen LogP contribution is -2.18. The largest absolute Gasteiger partial charge is 0.340 e. The third kappa shape index (κ3) is 1.82. The minimum absolute atomic E-state index is 0.0783. The summed E-state index contributed by atoms with van der Waals surface area (Å²) in [5.74, 6) is -0.588. The highest BCUT2D eigenvalue weighted by Crippen LogP contribution is 2.19. The van der Waals surface area contributed by atoms with Crippen molar-refractivity contribution >= 4 is 28.5 Å². The van der Waals surface area contributed by atoms with Crippen LogP contribution in [0.5, 0.6) is 0 Å². The molecule has 0 aliphatic carbocycles. The third-order valence-electron chi connectivity index (χ3n) is 2.24. The van der Waals surface area contributed by atoms with Gasteiger partial charge in [-0.15, -0.1) is 0 Å². The summed E-state index contributed by atoms with van der Waals surface area (Å²) in [6.07, 6.45) is 1.32. The van der Waals surface area contributed by atoms with Crippen LogP contribution in [-0.2, 0) is 4.79 Å². The van der Waals surface area contributed by atoms with Crippen LogP contribution in [0, 0.1) is 0 Å². The number of nitrogens with zero attached hydrogens (tertiary/aromatic N) is 1. The summed E-state index contributed by atoms with van der Waals surface area (Å²) in [6.45, 7) is 2.63. The van der Waals surface area contributed by atoms with Crippen LogP contribution >= 0.6 is 0 Å². The number of imidazole rings is 1. The highest BCUT2D eigenvalue weighted by Gasteiger charge is 2.17. The van der Waals surface area contributed by atoms with E-state index in [0.717, 1.165) is 0 Å². The molecule has 0 aliphatic rings. The van der Waals surface area contributed by atoms with Gasteiger partial charge in [-0.3, -0.25) is 14.4 Å². The zero-order chi connectivity index (χ0) is 12.6. The lowest BCUT2D eigenvalue weighted by molar-refractivity contribution is -0.114. The van der Waals surface area contributed by atoms with Gasteiger partial charge in [0.05, 0.1) is 11.9 Å². The van der Waals surface area contributed by atoms with Crippen molar-refractivity contribution in [3.63, 3.8) is 0 Å². The third-order valence-corrected chi connectivity index (χ3v) is 2.24. The minimum Gasteiger partial charge on any atom is -0.340 e. The number of carbonyl (C=O) groups excluding carboxylic acids is 2. The number of fused-ring (bicyclic) bond motifs is 1. The fraction of sp³-hybridized carbons (Fsp3) is 0.200. The van der Waals surface area contributed by atoms with Gasteiger partial charge in [0.25, 0.3) is 5.56 Å². The van der Waals surface area contributed by atoms with E-state index in [1.807, 2.05) is 0 Å². The predicted molar refractivity (Wildman–Crippen MR) is 61.0 cm³/mol. The van der Waals surface area contributed by atoms with Gasteiger partial charge in [0.2, 0.25) is 5.91 Å². The number of carbonyl (C=O) groups is 2. The van der Waals surface area contributed by atoms with E-state index in [1.165, 1.54) is 20.2 Å². The number of pyridine rings is 1. The number of H-pyrrole nitrogens is 2. The quantitative estimate of drug-likeness (QED) is 0.654. The molecule has 2 aromatic heterocycles. The van der Waals surface area contributed by atoms with E-state index in [1.54, 1.807) is 0 Å². The maximum Gasteiger partial charge on any atom is 0.275 e. The van der Waals surface area contributed by atoms with E-state index in [0.29, 0.717) is 0 Å². The zero-order valence-corrected chi connectivity index (χ0v) is 9.25. The molecular weight excluding hydrogens is 224 g/mol.